The molecule has 4 nitrogen and oxygen atoms in total. The Bertz CT molecular complexity index is 761. The number of ketones is 1. The third-order valence-corrected chi connectivity index (χ3v) is 3.56. The van der Waals surface area contributed by atoms with Gasteiger partial charge in [-0.2, -0.15) is 5.26 Å². The second kappa shape index (κ2) is 8.16. The molecule has 0 spiro atoms. The molecule has 0 saturated heterocycles. The summed E-state index contributed by atoms with van der Waals surface area (Å²) in [6, 6.07) is 14.3. The van der Waals surface area contributed by atoms with E-state index >= 15 is 0 Å². The number of halogens is 1. The van der Waals surface area contributed by atoms with Crippen LogP contribution in [0.4, 0.5) is 0 Å². The second-order valence-corrected chi connectivity index (χ2v) is 5.48. The molecule has 0 radical (unpaired) electrons. The summed E-state index contributed by atoms with van der Waals surface area (Å²) >= 11 is 3.34. The summed E-state index contributed by atoms with van der Waals surface area (Å²) in [6.07, 6.45) is 3.22. The van der Waals surface area contributed by atoms with Crippen molar-refractivity contribution in [3.05, 3.63) is 64.1 Å². The van der Waals surface area contributed by atoms with Crippen molar-refractivity contribution < 1.29 is 14.3 Å². The van der Waals surface area contributed by atoms with Gasteiger partial charge in [0.15, 0.2) is 23.9 Å². The lowest BCUT2D eigenvalue weighted by molar-refractivity contribution is 0.104. The van der Waals surface area contributed by atoms with Crippen molar-refractivity contribution >= 4 is 27.8 Å². The second-order valence-electron chi connectivity index (χ2n) is 4.56. The number of ether oxygens (including phenoxy) is 2. The van der Waals surface area contributed by atoms with Gasteiger partial charge in [-0.3, -0.25) is 4.79 Å². The van der Waals surface area contributed by atoms with E-state index in [0.717, 1.165) is 10.0 Å². The lowest BCUT2D eigenvalue weighted by Crippen LogP contribution is -1.97. The van der Waals surface area contributed by atoms with E-state index in [1.807, 2.05) is 18.2 Å². The first-order valence-electron chi connectivity index (χ1n) is 6.80. The summed E-state index contributed by atoms with van der Waals surface area (Å²) in [6.45, 7) is -0.0480. The number of allylic oxidation sites excluding steroid dienone is 1. The summed E-state index contributed by atoms with van der Waals surface area (Å²) in [4.78, 5) is 12.1. The van der Waals surface area contributed by atoms with Crippen LogP contribution in [0.25, 0.3) is 6.08 Å². The monoisotopic (exact) mass is 371 g/mol. The van der Waals surface area contributed by atoms with Gasteiger partial charge in [-0.15, -0.1) is 0 Å². The van der Waals surface area contributed by atoms with Gasteiger partial charge in [0.05, 0.1) is 7.11 Å². The fourth-order valence-electron chi connectivity index (χ4n) is 1.90. The molecule has 0 unspecified atom stereocenters. The van der Waals surface area contributed by atoms with E-state index in [-0.39, 0.29) is 12.4 Å². The number of carbonyl (C=O) groups excluding carboxylic acids is 1. The van der Waals surface area contributed by atoms with Crippen LogP contribution in [-0.2, 0) is 0 Å². The highest BCUT2D eigenvalue weighted by Gasteiger charge is 2.05. The maximum atomic E-state index is 12.1. The maximum absolute atomic E-state index is 12.1. The summed E-state index contributed by atoms with van der Waals surface area (Å²) in [7, 11) is 1.52. The molecule has 23 heavy (non-hydrogen) atoms. The first kappa shape index (κ1) is 16.8. The van der Waals surface area contributed by atoms with Gasteiger partial charge in [-0.1, -0.05) is 28.1 Å². The highest BCUT2D eigenvalue weighted by molar-refractivity contribution is 9.10. The molecule has 2 aromatic rings. The predicted molar refractivity (Wildman–Crippen MR) is 91.6 cm³/mol. The Balaban J connectivity index is 2.14. The number of benzene rings is 2. The van der Waals surface area contributed by atoms with Gasteiger partial charge in [0.25, 0.3) is 0 Å². The smallest absolute Gasteiger partial charge is 0.185 e. The molecule has 0 heterocycles. The average molecular weight is 372 g/mol. The van der Waals surface area contributed by atoms with Crippen LogP contribution in [0.3, 0.4) is 0 Å². The molecule has 116 valence electrons. The molecule has 0 aliphatic carbocycles. The quantitative estimate of drug-likeness (QED) is 0.562. The zero-order valence-electron chi connectivity index (χ0n) is 12.5. The van der Waals surface area contributed by atoms with Gasteiger partial charge in [-0.05, 0) is 48.0 Å². The van der Waals surface area contributed by atoms with E-state index < -0.39 is 0 Å². The van der Waals surface area contributed by atoms with Crippen LogP contribution < -0.4 is 9.47 Å². The maximum Gasteiger partial charge on any atom is 0.185 e. The minimum absolute atomic E-state index is 0.0480. The highest BCUT2D eigenvalue weighted by atomic mass is 79.9. The number of hydrogen-bond acceptors (Lipinski definition) is 4. The molecular formula is C18H14BrNO3. The van der Waals surface area contributed by atoms with Crippen LogP contribution in [0, 0.1) is 11.3 Å². The highest BCUT2D eigenvalue weighted by Crippen LogP contribution is 2.28. The molecule has 2 aromatic carbocycles. The molecular weight excluding hydrogens is 358 g/mol. The van der Waals surface area contributed by atoms with Crippen LogP contribution in [0.2, 0.25) is 0 Å². The summed E-state index contributed by atoms with van der Waals surface area (Å²) in [5.41, 5.74) is 1.42. The molecule has 0 N–H and O–H groups in total. The lowest BCUT2D eigenvalue weighted by atomic mass is 10.1. The van der Waals surface area contributed by atoms with E-state index in [4.69, 9.17) is 14.7 Å². The summed E-state index contributed by atoms with van der Waals surface area (Å²) in [5, 5.41) is 8.55. The van der Waals surface area contributed by atoms with Crippen LogP contribution in [0.1, 0.15) is 15.9 Å². The van der Waals surface area contributed by atoms with Crippen molar-refractivity contribution in [1.82, 2.24) is 0 Å². The molecule has 0 aromatic heterocycles. The van der Waals surface area contributed by atoms with Crippen molar-refractivity contribution in [3.8, 4) is 17.6 Å². The van der Waals surface area contributed by atoms with Crippen molar-refractivity contribution in [1.29, 1.82) is 5.26 Å². The van der Waals surface area contributed by atoms with Crippen molar-refractivity contribution in [2.24, 2.45) is 0 Å². The van der Waals surface area contributed by atoms with Gasteiger partial charge >= 0.3 is 0 Å². The van der Waals surface area contributed by atoms with Gasteiger partial charge in [0, 0.05) is 10.0 Å². The fraction of sp³-hybridized carbons (Fsp3) is 0.111. The Hall–Kier alpha value is -2.58. The Morgan fingerprint density at radius 1 is 1.22 bits per heavy atom. The first-order valence-corrected chi connectivity index (χ1v) is 7.59. The number of hydrogen-bond donors (Lipinski definition) is 0. The lowest BCUT2D eigenvalue weighted by Gasteiger charge is -2.08. The summed E-state index contributed by atoms with van der Waals surface area (Å²) in [5.74, 6) is 0.921. The predicted octanol–water partition coefficient (Wildman–Crippen LogP) is 4.26. The van der Waals surface area contributed by atoms with E-state index in [1.165, 1.54) is 13.2 Å². The number of rotatable bonds is 6. The Kier molecular flexibility index (Phi) is 5.95. The molecule has 0 fully saturated rings. The number of nitriles is 1. The minimum Gasteiger partial charge on any atom is -0.493 e. The van der Waals surface area contributed by atoms with Gasteiger partial charge in [-0.25, -0.2) is 0 Å². The van der Waals surface area contributed by atoms with Crippen LogP contribution in [-0.4, -0.2) is 19.5 Å². The Labute approximate surface area is 143 Å². The topological polar surface area (TPSA) is 59.3 Å². The van der Waals surface area contributed by atoms with Crippen molar-refractivity contribution in [2.45, 2.75) is 0 Å². The largest absolute Gasteiger partial charge is 0.493 e. The van der Waals surface area contributed by atoms with Crippen molar-refractivity contribution in [3.63, 3.8) is 0 Å². The van der Waals surface area contributed by atoms with Crippen LogP contribution in [0.15, 0.2) is 53.0 Å². The van der Waals surface area contributed by atoms with Crippen LogP contribution >= 0.6 is 15.9 Å². The van der Waals surface area contributed by atoms with E-state index in [2.05, 4.69) is 15.9 Å². The number of carbonyl (C=O) groups is 1. The standard InChI is InChI=1S/C18H14BrNO3/c1-22-18-12-13(3-9-17(18)23-11-10-20)2-8-16(21)14-4-6-15(19)7-5-14/h2-9,12H,11H2,1H3. The summed E-state index contributed by atoms with van der Waals surface area (Å²) < 4.78 is 11.4. The van der Waals surface area contributed by atoms with Gasteiger partial charge in [0.2, 0.25) is 0 Å². The molecule has 0 bridgehead atoms. The fourth-order valence-corrected chi connectivity index (χ4v) is 2.16. The van der Waals surface area contributed by atoms with Crippen molar-refractivity contribution in [2.75, 3.05) is 13.7 Å². The number of nitrogens with zero attached hydrogens (tertiary/aromatic N) is 1. The van der Waals surface area contributed by atoms with E-state index in [1.54, 1.807) is 36.4 Å². The average Bonchev–Trinajstić information content (AvgIpc) is 2.58. The van der Waals surface area contributed by atoms with Crippen LogP contribution in [0.5, 0.6) is 11.5 Å². The van der Waals surface area contributed by atoms with Gasteiger partial charge in [0.1, 0.15) is 6.07 Å². The zero-order chi connectivity index (χ0) is 16.7. The molecule has 0 aliphatic rings. The minimum atomic E-state index is -0.0822. The van der Waals surface area contributed by atoms with Gasteiger partial charge < -0.3 is 9.47 Å². The molecule has 0 saturated carbocycles. The third kappa shape index (κ3) is 4.70. The Morgan fingerprint density at radius 2 is 1.96 bits per heavy atom. The normalized spacial score (nSPS) is 10.3. The van der Waals surface area contributed by atoms with E-state index in [0.29, 0.717) is 17.1 Å². The molecule has 0 atom stereocenters. The molecule has 5 heteroatoms. The number of methoxy groups -OCH3 is 1. The zero-order valence-corrected chi connectivity index (χ0v) is 14.0. The molecule has 0 aliphatic heterocycles. The third-order valence-electron chi connectivity index (χ3n) is 3.04. The first-order chi connectivity index (χ1) is 11.1. The van der Waals surface area contributed by atoms with E-state index in [9.17, 15) is 4.79 Å². The molecule has 2 rings (SSSR count). The molecule has 0 amide bonds. The Morgan fingerprint density at radius 3 is 2.61 bits per heavy atom. The SMILES string of the molecule is COc1cc(C=CC(=O)c2ccc(Br)cc2)ccc1OCC#N.